The van der Waals surface area contributed by atoms with Crippen LogP contribution in [0.5, 0.6) is 0 Å². The van der Waals surface area contributed by atoms with Gasteiger partial charge in [0, 0.05) is 0 Å². The Kier molecular flexibility index (Phi) is 4.38. The van der Waals surface area contributed by atoms with Crippen LogP contribution in [0, 0.1) is 0 Å². The molecule has 1 rings (SSSR count). The van der Waals surface area contributed by atoms with Gasteiger partial charge in [0.05, 0.1) is 24.2 Å². The summed E-state index contributed by atoms with van der Waals surface area (Å²) in [5.74, 6) is 0. The van der Waals surface area contributed by atoms with Crippen molar-refractivity contribution in [2.75, 3.05) is 0 Å². The fourth-order valence-corrected chi connectivity index (χ4v) is 18.6. The van der Waals surface area contributed by atoms with Gasteiger partial charge < -0.3 is 0 Å². The van der Waals surface area contributed by atoms with E-state index in [2.05, 4.69) is 71.6 Å². The Balaban J connectivity index is 3.33. The highest BCUT2D eigenvalue weighted by atomic mass is 28.3. The summed E-state index contributed by atoms with van der Waals surface area (Å²) in [6.45, 7) is 27.1. The molecule has 0 aromatic heterocycles. The Morgan fingerprint density at radius 1 is 0.842 bits per heavy atom. The number of hydrogen-bond donors (Lipinski definition) is 0. The molecule has 0 N–H and O–H groups in total. The third-order valence-electron chi connectivity index (χ3n) is 4.54. The first kappa shape index (κ1) is 17.2. The minimum Gasteiger partial charge on any atom is -0.103 e. The number of hydrogen-bond acceptors (Lipinski definition) is 0. The predicted molar refractivity (Wildman–Crippen MR) is 99.2 cm³/mol. The summed E-state index contributed by atoms with van der Waals surface area (Å²) >= 11 is 0. The van der Waals surface area contributed by atoms with E-state index < -0.39 is 24.2 Å². The topological polar surface area (TPSA) is 0 Å². The summed E-state index contributed by atoms with van der Waals surface area (Å²) in [6, 6.07) is 0. The third-order valence-corrected chi connectivity index (χ3v) is 13.0. The van der Waals surface area contributed by atoms with Gasteiger partial charge in [-0.25, -0.2) is 0 Å². The third kappa shape index (κ3) is 2.93. The molecule has 0 bridgehead atoms. The molecule has 0 nitrogen and oxygen atoms in total. The van der Waals surface area contributed by atoms with Gasteiger partial charge in [-0.05, 0) is 17.9 Å². The van der Waals surface area contributed by atoms with E-state index in [9.17, 15) is 0 Å². The molecule has 0 aliphatic heterocycles. The Morgan fingerprint density at radius 3 is 1.42 bits per heavy atom. The molecule has 0 heterocycles. The minimum atomic E-state index is -1.21. The van der Waals surface area contributed by atoms with E-state index in [4.69, 9.17) is 0 Å². The van der Waals surface area contributed by atoms with Crippen LogP contribution >= 0.6 is 0 Å². The fourth-order valence-electron chi connectivity index (χ4n) is 4.04. The summed E-state index contributed by atoms with van der Waals surface area (Å²) in [7, 11) is -3.56. The van der Waals surface area contributed by atoms with Gasteiger partial charge in [-0.2, -0.15) is 0 Å². The second kappa shape index (κ2) is 4.85. The van der Waals surface area contributed by atoms with Crippen molar-refractivity contribution in [3.05, 3.63) is 23.0 Å². The van der Waals surface area contributed by atoms with Crippen LogP contribution in [0.4, 0.5) is 0 Å². The van der Waals surface area contributed by atoms with Crippen molar-refractivity contribution in [1.82, 2.24) is 0 Å². The molecule has 0 aromatic rings. The summed E-state index contributed by atoms with van der Waals surface area (Å²) in [6.07, 6.45) is 4.67. The zero-order valence-electron chi connectivity index (χ0n) is 14.7. The maximum atomic E-state index is 3.97. The highest BCUT2D eigenvalue weighted by Crippen LogP contribution is 2.73. The van der Waals surface area contributed by atoms with Crippen LogP contribution in [0.25, 0.3) is 0 Å². The molecule has 3 heteroatoms. The fraction of sp³-hybridized carbons (Fsp3) is 0.750. The molecule has 0 fully saturated rings. The highest BCUT2D eigenvalue weighted by molar-refractivity contribution is 7.00. The molecule has 0 atom stereocenters. The molecule has 0 amide bonds. The van der Waals surface area contributed by atoms with Gasteiger partial charge in [-0.15, -0.1) is 6.58 Å². The Bertz CT molecular complexity index is 373. The van der Waals surface area contributed by atoms with Crippen LogP contribution in [0.15, 0.2) is 23.0 Å². The van der Waals surface area contributed by atoms with Crippen molar-refractivity contribution in [2.45, 2.75) is 76.8 Å². The molecule has 0 spiro atoms. The minimum absolute atomic E-state index is 0.566. The summed E-state index contributed by atoms with van der Waals surface area (Å²) < 4.78 is 0. The standard InChI is InChI=1S/C16H34Si3/c1-11-12-13-16(19(8,9)10)14(17(2,3)4)15(16)18(5,6)7/h11H,1,12-13H2,2-10H3. The molecule has 0 saturated heterocycles. The predicted octanol–water partition coefficient (Wildman–Crippen LogP) is 6.10. The molecule has 110 valence electrons. The first-order valence-corrected chi connectivity index (χ1v) is 18.2. The lowest BCUT2D eigenvalue weighted by Crippen LogP contribution is -2.39. The van der Waals surface area contributed by atoms with Crippen molar-refractivity contribution >= 4 is 24.2 Å². The van der Waals surface area contributed by atoms with Crippen LogP contribution in [-0.2, 0) is 0 Å². The first-order valence-electron chi connectivity index (χ1n) is 7.67. The second-order valence-corrected chi connectivity index (χ2v) is 24.6. The lowest BCUT2D eigenvalue weighted by molar-refractivity contribution is 0.766. The average Bonchev–Trinajstić information content (AvgIpc) is 2.83. The maximum absolute atomic E-state index is 3.97. The molecular weight excluding hydrogens is 276 g/mol. The molecule has 0 unspecified atom stereocenters. The summed E-state index contributed by atoms with van der Waals surface area (Å²) in [5, 5.41) is 4.51. The van der Waals surface area contributed by atoms with Crippen LogP contribution in [-0.4, -0.2) is 24.2 Å². The Hall–Kier alpha value is 0.131. The molecule has 19 heavy (non-hydrogen) atoms. The van der Waals surface area contributed by atoms with Gasteiger partial charge in [-0.1, -0.05) is 75.4 Å². The zero-order chi connectivity index (χ0) is 15.3. The maximum Gasteiger partial charge on any atom is 0.0726 e. The van der Waals surface area contributed by atoms with Gasteiger partial charge in [0.2, 0.25) is 0 Å². The van der Waals surface area contributed by atoms with Gasteiger partial charge in [0.1, 0.15) is 0 Å². The van der Waals surface area contributed by atoms with Crippen molar-refractivity contribution in [3.8, 4) is 0 Å². The molecule has 1 aliphatic rings. The number of rotatable bonds is 6. The van der Waals surface area contributed by atoms with Gasteiger partial charge in [0.15, 0.2) is 0 Å². The SMILES string of the molecule is C=CCCC1([Si](C)(C)C)C([Si](C)(C)C)=C1[Si](C)(C)C. The quantitative estimate of drug-likeness (QED) is 0.411. The summed E-state index contributed by atoms with van der Waals surface area (Å²) in [4.78, 5) is 0. The van der Waals surface area contributed by atoms with Crippen molar-refractivity contribution < 1.29 is 0 Å². The van der Waals surface area contributed by atoms with Crippen LogP contribution in [0.3, 0.4) is 0 Å². The molecule has 0 radical (unpaired) electrons. The lowest BCUT2D eigenvalue weighted by Gasteiger charge is -2.37. The van der Waals surface area contributed by atoms with E-state index >= 15 is 0 Å². The van der Waals surface area contributed by atoms with Crippen LogP contribution in [0.1, 0.15) is 12.8 Å². The Morgan fingerprint density at radius 2 is 1.21 bits per heavy atom. The largest absolute Gasteiger partial charge is 0.103 e. The monoisotopic (exact) mass is 310 g/mol. The van der Waals surface area contributed by atoms with Gasteiger partial charge in [-0.3, -0.25) is 0 Å². The number of allylic oxidation sites excluding steroid dienone is 3. The van der Waals surface area contributed by atoms with E-state index in [0.29, 0.717) is 5.04 Å². The van der Waals surface area contributed by atoms with E-state index in [1.807, 2.05) is 10.4 Å². The molecule has 1 aliphatic carbocycles. The first-order chi connectivity index (χ1) is 8.30. The van der Waals surface area contributed by atoms with Crippen molar-refractivity contribution in [3.63, 3.8) is 0 Å². The molecule has 0 aromatic carbocycles. The van der Waals surface area contributed by atoms with E-state index in [-0.39, 0.29) is 0 Å². The van der Waals surface area contributed by atoms with E-state index in [1.54, 1.807) is 0 Å². The van der Waals surface area contributed by atoms with Crippen LogP contribution in [0.2, 0.25) is 64.0 Å². The lowest BCUT2D eigenvalue weighted by atomic mass is 10.2. The van der Waals surface area contributed by atoms with E-state index in [0.717, 1.165) is 0 Å². The Labute approximate surface area is 124 Å². The normalized spacial score (nSPS) is 19.6. The van der Waals surface area contributed by atoms with Gasteiger partial charge in [0.25, 0.3) is 0 Å². The van der Waals surface area contributed by atoms with Crippen molar-refractivity contribution in [1.29, 1.82) is 0 Å². The van der Waals surface area contributed by atoms with Crippen LogP contribution < -0.4 is 0 Å². The van der Waals surface area contributed by atoms with Gasteiger partial charge >= 0.3 is 0 Å². The molecular formula is C16H34Si3. The average molecular weight is 311 g/mol. The zero-order valence-corrected chi connectivity index (χ0v) is 17.7. The molecule has 0 saturated carbocycles. The van der Waals surface area contributed by atoms with Crippen molar-refractivity contribution in [2.24, 2.45) is 0 Å². The smallest absolute Gasteiger partial charge is 0.0726 e. The summed E-state index contributed by atoms with van der Waals surface area (Å²) in [5.41, 5.74) is 0. The second-order valence-electron chi connectivity index (χ2n) is 9.23. The highest BCUT2D eigenvalue weighted by Gasteiger charge is 2.65. The van der Waals surface area contributed by atoms with E-state index in [1.165, 1.54) is 12.8 Å².